The van der Waals surface area contributed by atoms with E-state index in [0.29, 0.717) is 17.1 Å². The van der Waals surface area contributed by atoms with E-state index in [-0.39, 0.29) is 25.5 Å². The third kappa shape index (κ3) is 4.00. The highest BCUT2D eigenvalue weighted by Crippen LogP contribution is 2.33. The van der Waals surface area contributed by atoms with Crippen LogP contribution in [0.5, 0.6) is 5.75 Å². The maximum Gasteiger partial charge on any atom is 0.313 e. The van der Waals surface area contributed by atoms with Crippen molar-refractivity contribution in [2.45, 2.75) is 6.42 Å². The molecule has 1 aromatic rings. The molecule has 1 heterocycles. The van der Waals surface area contributed by atoms with Crippen LogP contribution in [0.3, 0.4) is 0 Å². The number of hydrogen-bond acceptors (Lipinski definition) is 6. The predicted molar refractivity (Wildman–Crippen MR) is 83.6 cm³/mol. The zero-order valence-corrected chi connectivity index (χ0v) is 13.3. The number of benzene rings is 1. The molecule has 24 heavy (non-hydrogen) atoms. The molecule has 9 nitrogen and oxygen atoms in total. The highest BCUT2D eigenvalue weighted by Gasteiger charge is 2.23. The van der Waals surface area contributed by atoms with Crippen molar-refractivity contribution in [3.63, 3.8) is 0 Å². The second kappa shape index (κ2) is 7.44. The molecular formula is C15H17N3O6. The first-order valence-electron chi connectivity index (χ1n) is 7.11. The van der Waals surface area contributed by atoms with Gasteiger partial charge < -0.3 is 25.0 Å². The summed E-state index contributed by atoms with van der Waals surface area (Å²) in [5, 5.41) is 4.72. The monoisotopic (exact) mass is 335 g/mol. The summed E-state index contributed by atoms with van der Waals surface area (Å²) in [5.74, 6) is -1.95. The molecule has 0 radical (unpaired) electrons. The first-order chi connectivity index (χ1) is 11.4. The van der Waals surface area contributed by atoms with Crippen molar-refractivity contribution >= 4 is 35.1 Å². The molecule has 0 spiro atoms. The van der Waals surface area contributed by atoms with Crippen molar-refractivity contribution in [1.29, 1.82) is 0 Å². The molecule has 9 heteroatoms. The summed E-state index contributed by atoms with van der Waals surface area (Å²) in [6, 6.07) is 4.69. The van der Waals surface area contributed by atoms with Gasteiger partial charge in [0.15, 0.2) is 6.61 Å². The molecule has 0 saturated heterocycles. The van der Waals surface area contributed by atoms with Crippen molar-refractivity contribution in [2.24, 2.45) is 0 Å². The molecule has 0 fully saturated rings. The lowest BCUT2D eigenvalue weighted by molar-refractivity contribution is -0.141. The minimum atomic E-state index is -0.884. The van der Waals surface area contributed by atoms with E-state index in [9.17, 15) is 19.2 Å². The Labute approximate surface area is 137 Å². The topological polar surface area (TPSA) is 114 Å². The Bertz CT molecular complexity index is 688. The molecule has 1 aliphatic rings. The fourth-order valence-corrected chi connectivity index (χ4v) is 2.00. The Morgan fingerprint density at radius 2 is 2.04 bits per heavy atom. The Kier molecular flexibility index (Phi) is 5.35. The van der Waals surface area contributed by atoms with Crippen LogP contribution in [0, 0.1) is 0 Å². The van der Waals surface area contributed by atoms with E-state index in [2.05, 4.69) is 15.4 Å². The van der Waals surface area contributed by atoms with Gasteiger partial charge in [0.25, 0.3) is 5.91 Å². The first kappa shape index (κ1) is 17.3. The van der Waals surface area contributed by atoms with Gasteiger partial charge in [0.05, 0.1) is 19.2 Å². The van der Waals surface area contributed by atoms with Crippen LogP contribution in [0.1, 0.15) is 6.42 Å². The fraction of sp³-hybridized carbons (Fsp3) is 0.333. The van der Waals surface area contributed by atoms with E-state index < -0.39 is 17.8 Å². The van der Waals surface area contributed by atoms with Gasteiger partial charge in [-0.2, -0.15) is 0 Å². The van der Waals surface area contributed by atoms with Gasteiger partial charge in [-0.3, -0.25) is 19.2 Å². The zero-order chi connectivity index (χ0) is 17.7. The number of fused-ring (bicyclic) bond motifs is 1. The van der Waals surface area contributed by atoms with Gasteiger partial charge >= 0.3 is 17.8 Å². The molecule has 2 N–H and O–H groups in total. The SMILES string of the molecule is COC(=O)CCNC(=O)C(=O)Nc1ccc2c(c1)N(C)C(=O)CO2. The summed E-state index contributed by atoms with van der Waals surface area (Å²) in [6.07, 6.45) is -0.0292. The van der Waals surface area contributed by atoms with Gasteiger partial charge in [0.2, 0.25) is 0 Å². The Morgan fingerprint density at radius 3 is 2.75 bits per heavy atom. The van der Waals surface area contributed by atoms with E-state index in [1.165, 1.54) is 18.1 Å². The largest absolute Gasteiger partial charge is 0.482 e. The van der Waals surface area contributed by atoms with Crippen LogP contribution in [0.15, 0.2) is 18.2 Å². The second-order valence-electron chi connectivity index (χ2n) is 4.96. The maximum absolute atomic E-state index is 11.8. The number of hydrogen-bond donors (Lipinski definition) is 2. The number of anilines is 2. The predicted octanol–water partition coefficient (Wildman–Crippen LogP) is -0.340. The zero-order valence-electron chi connectivity index (χ0n) is 13.3. The lowest BCUT2D eigenvalue weighted by Crippen LogP contribution is -2.37. The second-order valence-corrected chi connectivity index (χ2v) is 4.96. The van der Waals surface area contributed by atoms with Crippen molar-refractivity contribution in [2.75, 3.05) is 37.5 Å². The fourth-order valence-electron chi connectivity index (χ4n) is 2.00. The van der Waals surface area contributed by atoms with E-state index in [1.807, 2.05) is 0 Å². The lowest BCUT2D eigenvalue weighted by Gasteiger charge is -2.26. The minimum Gasteiger partial charge on any atom is -0.482 e. The van der Waals surface area contributed by atoms with E-state index in [1.54, 1.807) is 19.2 Å². The van der Waals surface area contributed by atoms with Crippen molar-refractivity contribution < 1.29 is 28.7 Å². The highest BCUT2D eigenvalue weighted by molar-refractivity contribution is 6.39. The number of nitrogens with one attached hydrogen (secondary N) is 2. The van der Waals surface area contributed by atoms with E-state index in [4.69, 9.17) is 4.74 Å². The van der Waals surface area contributed by atoms with Crippen LogP contribution in [-0.2, 0) is 23.9 Å². The molecule has 0 saturated carbocycles. The number of methoxy groups -OCH3 is 1. The molecule has 0 aliphatic carbocycles. The molecule has 1 aromatic carbocycles. The van der Waals surface area contributed by atoms with Crippen molar-refractivity contribution in [1.82, 2.24) is 5.32 Å². The molecule has 0 unspecified atom stereocenters. The number of esters is 1. The first-order valence-corrected chi connectivity index (χ1v) is 7.11. The summed E-state index contributed by atoms with van der Waals surface area (Å²) in [7, 11) is 2.83. The van der Waals surface area contributed by atoms with Crippen LogP contribution >= 0.6 is 0 Å². The summed E-state index contributed by atoms with van der Waals surface area (Å²) in [4.78, 5) is 47.4. The van der Waals surface area contributed by atoms with Gasteiger partial charge in [0, 0.05) is 19.3 Å². The van der Waals surface area contributed by atoms with Crippen LogP contribution in [0.4, 0.5) is 11.4 Å². The molecule has 0 bridgehead atoms. The Morgan fingerprint density at radius 1 is 1.29 bits per heavy atom. The van der Waals surface area contributed by atoms with Gasteiger partial charge in [-0.1, -0.05) is 0 Å². The normalized spacial score (nSPS) is 12.8. The molecule has 128 valence electrons. The van der Waals surface area contributed by atoms with Crippen LogP contribution in [0.25, 0.3) is 0 Å². The number of ether oxygens (including phenoxy) is 2. The number of carbonyl (C=O) groups is 4. The van der Waals surface area contributed by atoms with Crippen LogP contribution < -0.4 is 20.3 Å². The summed E-state index contributed by atoms with van der Waals surface area (Å²) < 4.78 is 9.70. The van der Waals surface area contributed by atoms with Crippen LogP contribution in [-0.4, -0.2) is 51.0 Å². The number of carbonyl (C=O) groups excluding carboxylic acids is 4. The van der Waals surface area contributed by atoms with Gasteiger partial charge in [-0.25, -0.2) is 0 Å². The van der Waals surface area contributed by atoms with Crippen molar-refractivity contribution in [3.05, 3.63) is 18.2 Å². The van der Waals surface area contributed by atoms with Gasteiger partial charge in [-0.05, 0) is 18.2 Å². The Balaban J connectivity index is 1.96. The smallest absolute Gasteiger partial charge is 0.313 e. The Hall–Kier alpha value is -3.10. The lowest BCUT2D eigenvalue weighted by atomic mass is 10.2. The number of nitrogens with zero attached hydrogens (tertiary/aromatic N) is 1. The summed E-state index contributed by atoms with van der Waals surface area (Å²) in [5.41, 5.74) is 0.835. The molecule has 3 amide bonds. The molecule has 2 rings (SSSR count). The third-order valence-corrected chi connectivity index (χ3v) is 3.35. The molecule has 0 aromatic heterocycles. The molecular weight excluding hydrogens is 318 g/mol. The van der Waals surface area contributed by atoms with Gasteiger partial charge in [-0.15, -0.1) is 0 Å². The summed E-state index contributed by atoms with van der Waals surface area (Å²) in [6.45, 7) is -0.0496. The third-order valence-electron chi connectivity index (χ3n) is 3.35. The van der Waals surface area contributed by atoms with E-state index in [0.717, 1.165) is 0 Å². The number of rotatable bonds is 4. The van der Waals surface area contributed by atoms with E-state index >= 15 is 0 Å². The summed E-state index contributed by atoms with van der Waals surface area (Å²) >= 11 is 0. The number of likely N-dealkylation sites (N-methyl/N-ethyl adjacent to an activating group) is 1. The standard InChI is InChI=1S/C15H17N3O6/c1-18-10-7-9(3-4-11(10)24-8-12(18)19)17-15(22)14(21)16-6-5-13(20)23-2/h3-4,7H,5-6,8H2,1-2H3,(H,16,21)(H,17,22). The van der Waals surface area contributed by atoms with Crippen LogP contribution in [0.2, 0.25) is 0 Å². The quantitative estimate of drug-likeness (QED) is 0.575. The van der Waals surface area contributed by atoms with Gasteiger partial charge in [0.1, 0.15) is 5.75 Å². The average molecular weight is 335 g/mol. The average Bonchev–Trinajstić information content (AvgIpc) is 2.58. The number of amides is 3. The molecule has 1 aliphatic heterocycles. The van der Waals surface area contributed by atoms with Crippen molar-refractivity contribution in [3.8, 4) is 5.75 Å². The highest BCUT2D eigenvalue weighted by atomic mass is 16.5. The molecule has 0 atom stereocenters. The minimum absolute atomic E-state index is 0.00576. The maximum atomic E-state index is 11.8.